The van der Waals surface area contributed by atoms with E-state index in [9.17, 15) is 9.59 Å². The van der Waals surface area contributed by atoms with Gasteiger partial charge in [0.25, 0.3) is 0 Å². The number of rotatable bonds is 3. The Morgan fingerprint density at radius 1 is 1.19 bits per heavy atom. The van der Waals surface area contributed by atoms with Crippen LogP contribution < -0.4 is 10.2 Å². The molecule has 1 atom stereocenters. The van der Waals surface area contributed by atoms with Crippen LogP contribution in [0, 0.1) is 0 Å². The van der Waals surface area contributed by atoms with Gasteiger partial charge in [0.2, 0.25) is 5.91 Å². The maximum atomic E-state index is 12.9. The van der Waals surface area contributed by atoms with Crippen molar-refractivity contribution in [3.63, 3.8) is 0 Å². The molecule has 0 bridgehead atoms. The molecule has 0 radical (unpaired) electrons. The van der Waals surface area contributed by atoms with Crippen LogP contribution in [0.1, 0.15) is 19.4 Å². The first kappa shape index (κ1) is 18.3. The molecule has 26 heavy (non-hydrogen) atoms. The van der Waals surface area contributed by atoms with E-state index in [1.165, 1.54) is 0 Å². The van der Waals surface area contributed by atoms with Gasteiger partial charge in [-0.25, -0.2) is 4.79 Å². The van der Waals surface area contributed by atoms with Crippen LogP contribution in [0.3, 0.4) is 0 Å². The highest BCUT2D eigenvalue weighted by atomic mass is 35.5. The van der Waals surface area contributed by atoms with Crippen molar-refractivity contribution in [2.75, 3.05) is 23.3 Å². The molecule has 0 aromatic heterocycles. The lowest BCUT2D eigenvalue weighted by atomic mass is 10.1. The Kier molecular flexibility index (Phi) is 5.47. The van der Waals surface area contributed by atoms with Gasteiger partial charge >= 0.3 is 6.03 Å². The molecule has 0 spiro atoms. The van der Waals surface area contributed by atoms with Crippen LogP contribution in [-0.4, -0.2) is 36.0 Å². The molecule has 2 aromatic rings. The molecular weight excluding hydrogens is 350 g/mol. The largest absolute Gasteiger partial charge is 0.322 e. The van der Waals surface area contributed by atoms with Crippen LogP contribution in [0.25, 0.3) is 0 Å². The number of urea groups is 1. The summed E-state index contributed by atoms with van der Waals surface area (Å²) in [4.78, 5) is 28.8. The van der Waals surface area contributed by atoms with Gasteiger partial charge in [-0.2, -0.15) is 0 Å². The third-order valence-corrected chi connectivity index (χ3v) is 4.89. The molecule has 0 aliphatic carbocycles. The van der Waals surface area contributed by atoms with Crippen molar-refractivity contribution in [1.82, 2.24) is 4.90 Å². The first-order chi connectivity index (χ1) is 12.5. The normalized spacial score (nSPS) is 17.3. The predicted molar refractivity (Wildman–Crippen MR) is 105 cm³/mol. The quantitative estimate of drug-likeness (QED) is 0.880. The lowest BCUT2D eigenvalue weighted by Gasteiger charge is -2.39. The monoisotopic (exact) mass is 371 g/mol. The van der Waals surface area contributed by atoms with E-state index in [2.05, 4.69) is 12.2 Å². The van der Waals surface area contributed by atoms with Gasteiger partial charge in [0.05, 0.1) is 0 Å². The third kappa shape index (κ3) is 3.68. The van der Waals surface area contributed by atoms with E-state index >= 15 is 0 Å². The number of amides is 3. The fourth-order valence-electron chi connectivity index (χ4n) is 3.22. The van der Waals surface area contributed by atoms with Gasteiger partial charge in [0, 0.05) is 29.5 Å². The molecule has 1 aliphatic rings. The highest BCUT2D eigenvalue weighted by Gasteiger charge is 2.35. The number of halogens is 1. The number of piperazine rings is 1. The van der Waals surface area contributed by atoms with Crippen molar-refractivity contribution in [2.24, 2.45) is 0 Å². The van der Waals surface area contributed by atoms with Crippen LogP contribution in [0.2, 0.25) is 5.02 Å². The van der Waals surface area contributed by atoms with Crippen molar-refractivity contribution in [3.05, 3.63) is 59.1 Å². The number of carbonyl (C=O) groups excluding carboxylic acids is 2. The lowest BCUT2D eigenvalue weighted by Crippen LogP contribution is -2.58. The number of anilines is 2. The zero-order valence-electron chi connectivity index (χ0n) is 14.9. The Bertz CT molecular complexity index is 824. The van der Waals surface area contributed by atoms with E-state index in [-0.39, 0.29) is 11.9 Å². The fourth-order valence-corrected chi connectivity index (χ4v) is 3.41. The number of hydrogen-bond acceptors (Lipinski definition) is 2. The Balaban J connectivity index is 1.74. The van der Waals surface area contributed by atoms with E-state index in [1.807, 2.05) is 24.3 Å². The minimum Gasteiger partial charge on any atom is -0.311 e. The first-order valence-electron chi connectivity index (χ1n) is 8.73. The zero-order chi connectivity index (χ0) is 18.7. The molecule has 5 nitrogen and oxygen atoms in total. The highest BCUT2D eigenvalue weighted by molar-refractivity contribution is 6.30. The number of aryl methyl sites for hydroxylation is 1. The summed E-state index contributed by atoms with van der Waals surface area (Å²) < 4.78 is 0. The Hall–Kier alpha value is -2.53. The van der Waals surface area contributed by atoms with Crippen LogP contribution >= 0.6 is 11.6 Å². The SMILES string of the molecule is CCc1ccccc1N1CCN(C(=O)Nc2cccc(Cl)c2)[C@H](C)C1=O. The van der Waals surface area contributed by atoms with E-state index in [0.29, 0.717) is 23.8 Å². The number of benzene rings is 2. The summed E-state index contributed by atoms with van der Waals surface area (Å²) in [6, 6.07) is 14.0. The molecule has 1 aliphatic heterocycles. The van der Waals surface area contributed by atoms with Gasteiger partial charge < -0.3 is 15.1 Å². The summed E-state index contributed by atoms with van der Waals surface area (Å²) >= 11 is 5.96. The molecule has 1 fully saturated rings. The molecule has 1 saturated heterocycles. The smallest absolute Gasteiger partial charge is 0.311 e. The minimum absolute atomic E-state index is 0.0709. The highest BCUT2D eigenvalue weighted by Crippen LogP contribution is 2.25. The van der Waals surface area contributed by atoms with Crippen molar-refractivity contribution in [1.29, 1.82) is 0 Å². The van der Waals surface area contributed by atoms with E-state index in [0.717, 1.165) is 17.7 Å². The summed E-state index contributed by atoms with van der Waals surface area (Å²) in [7, 11) is 0. The summed E-state index contributed by atoms with van der Waals surface area (Å²) in [5.74, 6) is -0.0709. The second kappa shape index (κ2) is 7.79. The standard InChI is InChI=1S/C20H22ClN3O2/c1-3-15-7-4-5-10-18(15)24-12-11-23(14(2)19(24)25)20(26)22-17-9-6-8-16(21)13-17/h4-10,13-14H,3,11-12H2,1-2H3,(H,22,26)/t14-/m1/s1. The average Bonchev–Trinajstić information content (AvgIpc) is 2.64. The topological polar surface area (TPSA) is 52.6 Å². The Morgan fingerprint density at radius 2 is 1.96 bits per heavy atom. The molecule has 1 N–H and O–H groups in total. The second-order valence-corrected chi connectivity index (χ2v) is 6.72. The maximum Gasteiger partial charge on any atom is 0.322 e. The molecule has 6 heteroatoms. The van der Waals surface area contributed by atoms with Gasteiger partial charge in [-0.05, 0) is 43.2 Å². The summed E-state index contributed by atoms with van der Waals surface area (Å²) in [6.07, 6.45) is 0.854. The number of nitrogens with one attached hydrogen (secondary N) is 1. The van der Waals surface area contributed by atoms with Crippen LogP contribution in [0.15, 0.2) is 48.5 Å². The number of hydrogen-bond donors (Lipinski definition) is 1. The van der Waals surface area contributed by atoms with E-state index in [1.54, 1.807) is 41.0 Å². The number of nitrogens with zero attached hydrogens (tertiary/aromatic N) is 2. The van der Waals surface area contributed by atoms with E-state index in [4.69, 9.17) is 11.6 Å². The summed E-state index contributed by atoms with van der Waals surface area (Å²) in [6.45, 7) is 4.78. The van der Waals surface area contributed by atoms with E-state index < -0.39 is 6.04 Å². The van der Waals surface area contributed by atoms with Crippen LogP contribution in [-0.2, 0) is 11.2 Å². The molecule has 1 heterocycles. The molecule has 3 rings (SSSR count). The molecule has 0 saturated carbocycles. The van der Waals surface area contributed by atoms with Gasteiger partial charge in [-0.1, -0.05) is 42.8 Å². The predicted octanol–water partition coefficient (Wildman–Crippen LogP) is 4.17. The van der Waals surface area contributed by atoms with Crippen molar-refractivity contribution in [3.8, 4) is 0 Å². The second-order valence-electron chi connectivity index (χ2n) is 6.28. The molecular formula is C20H22ClN3O2. The molecule has 136 valence electrons. The number of para-hydroxylation sites is 1. The Labute approximate surface area is 158 Å². The average molecular weight is 372 g/mol. The van der Waals surface area contributed by atoms with Crippen LogP contribution in [0.4, 0.5) is 16.2 Å². The molecule has 2 aromatic carbocycles. The van der Waals surface area contributed by atoms with Crippen molar-refractivity contribution in [2.45, 2.75) is 26.3 Å². The number of carbonyl (C=O) groups is 2. The van der Waals surface area contributed by atoms with Gasteiger partial charge in [0.1, 0.15) is 6.04 Å². The zero-order valence-corrected chi connectivity index (χ0v) is 15.7. The summed E-state index contributed by atoms with van der Waals surface area (Å²) in [5.41, 5.74) is 2.67. The van der Waals surface area contributed by atoms with Crippen molar-refractivity contribution >= 4 is 34.9 Å². The molecule has 3 amide bonds. The molecule has 0 unspecified atom stereocenters. The first-order valence-corrected chi connectivity index (χ1v) is 9.11. The maximum absolute atomic E-state index is 12.9. The minimum atomic E-state index is -0.534. The third-order valence-electron chi connectivity index (χ3n) is 4.66. The lowest BCUT2D eigenvalue weighted by molar-refractivity contribution is -0.123. The van der Waals surface area contributed by atoms with Gasteiger partial charge in [-0.3, -0.25) is 4.79 Å². The van der Waals surface area contributed by atoms with Gasteiger partial charge in [-0.15, -0.1) is 0 Å². The van der Waals surface area contributed by atoms with Gasteiger partial charge in [0.15, 0.2) is 0 Å². The summed E-state index contributed by atoms with van der Waals surface area (Å²) in [5, 5.41) is 3.36. The fraction of sp³-hybridized carbons (Fsp3) is 0.300. The van der Waals surface area contributed by atoms with Crippen molar-refractivity contribution < 1.29 is 9.59 Å². The van der Waals surface area contributed by atoms with Crippen LogP contribution in [0.5, 0.6) is 0 Å². The Morgan fingerprint density at radius 3 is 2.69 bits per heavy atom.